The number of nitro groups is 1. The fraction of sp³-hybridized carbons (Fsp3) is 0.192. The first-order chi connectivity index (χ1) is 16.0. The molecule has 0 saturated carbocycles. The van der Waals surface area contributed by atoms with Crippen molar-refractivity contribution < 1.29 is 14.5 Å². The molecule has 7 heteroatoms. The highest BCUT2D eigenvalue weighted by Gasteiger charge is 2.58. The summed E-state index contributed by atoms with van der Waals surface area (Å²) >= 11 is 6.04. The van der Waals surface area contributed by atoms with Crippen molar-refractivity contribution in [2.45, 2.75) is 24.0 Å². The summed E-state index contributed by atoms with van der Waals surface area (Å²) in [4.78, 5) is 28.0. The van der Waals surface area contributed by atoms with Crippen LogP contribution in [0.25, 0.3) is 6.08 Å². The van der Waals surface area contributed by atoms with Gasteiger partial charge in [0.25, 0.3) is 0 Å². The minimum Gasteiger partial charge on any atom is -0.497 e. The van der Waals surface area contributed by atoms with Gasteiger partial charge in [0.15, 0.2) is 5.78 Å². The summed E-state index contributed by atoms with van der Waals surface area (Å²) < 4.78 is 5.27. The van der Waals surface area contributed by atoms with Gasteiger partial charge >= 0.3 is 0 Å². The number of methoxy groups -OCH3 is 1. The van der Waals surface area contributed by atoms with Crippen LogP contribution in [0.5, 0.6) is 5.75 Å². The van der Waals surface area contributed by atoms with Crippen LogP contribution in [-0.2, 0) is 0 Å². The summed E-state index contributed by atoms with van der Waals surface area (Å²) in [6.45, 7) is 0. The molecule has 5 rings (SSSR count). The number of para-hydroxylation sites is 1. The molecule has 1 saturated heterocycles. The van der Waals surface area contributed by atoms with E-state index in [9.17, 15) is 14.9 Å². The van der Waals surface area contributed by atoms with Gasteiger partial charge in [0.1, 0.15) is 17.8 Å². The van der Waals surface area contributed by atoms with E-state index in [0.717, 1.165) is 16.8 Å². The molecule has 2 aliphatic rings. The van der Waals surface area contributed by atoms with Gasteiger partial charge in [0, 0.05) is 21.2 Å². The highest BCUT2D eigenvalue weighted by molar-refractivity contribution is 6.30. The second-order valence-corrected chi connectivity index (χ2v) is 8.64. The van der Waals surface area contributed by atoms with Crippen molar-refractivity contribution in [1.82, 2.24) is 0 Å². The number of Topliss-reactive ketones (excluding diaryl/α,β-unsaturated/α-hetero) is 1. The molecule has 6 nitrogen and oxygen atoms in total. The second kappa shape index (κ2) is 8.37. The van der Waals surface area contributed by atoms with E-state index >= 15 is 0 Å². The van der Waals surface area contributed by atoms with Crippen LogP contribution in [0.15, 0.2) is 78.9 Å². The molecule has 3 unspecified atom stereocenters. The highest BCUT2D eigenvalue weighted by Crippen LogP contribution is 2.47. The van der Waals surface area contributed by atoms with Gasteiger partial charge in [-0.05, 0) is 53.6 Å². The summed E-state index contributed by atoms with van der Waals surface area (Å²) in [7, 11) is 1.57. The van der Waals surface area contributed by atoms with Crippen molar-refractivity contribution in [3.8, 4) is 5.75 Å². The fourth-order valence-electron chi connectivity index (χ4n) is 5.04. The van der Waals surface area contributed by atoms with E-state index in [4.69, 9.17) is 16.3 Å². The molecule has 2 aliphatic heterocycles. The molecule has 0 aliphatic carbocycles. The van der Waals surface area contributed by atoms with Gasteiger partial charge < -0.3 is 9.64 Å². The van der Waals surface area contributed by atoms with E-state index < -0.39 is 24.0 Å². The van der Waals surface area contributed by atoms with Crippen molar-refractivity contribution in [2.24, 2.45) is 0 Å². The normalized spacial score (nSPS) is 23.0. The van der Waals surface area contributed by atoms with Crippen LogP contribution in [-0.4, -0.2) is 35.9 Å². The van der Waals surface area contributed by atoms with Gasteiger partial charge in [0.2, 0.25) is 6.04 Å². The zero-order chi connectivity index (χ0) is 23.1. The van der Waals surface area contributed by atoms with Gasteiger partial charge in [-0.25, -0.2) is 0 Å². The Bertz CT molecular complexity index is 1240. The number of ether oxygens (including phenoxy) is 1. The Balaban J connectivity index is 1.70. The van der Waals surface area contributed by atoms with E-state index in [0.29, 0.717) is 16.3 Å². The summed E-state index contributed by atoms with van der Waals surface area (Å²) in [6.07, 6.45) is 3.76. The van der Waals surface area contributed by atoms with E-state index in [1.807, 2.05) is 53.5 Å². The molecule has 0 bridgehead atoms. The lowest BCUT2D eigenvalue weighted by molar-refractivity contribution is -0.524. The third kappa shape index (κ3) is 3.56. The van der Waals surface area contributed by atoms with Crippen LogP contribution >= 0.6 is 11.6 Å². The lowest BCUT2D eigenvalue weighted by Gasteiger charge is -2.34. The predicted molar refractivity (Wildman–Crippen MR) is 128 cm³/mol. The quantitative estimate of drug-likeness (QED) is 0.295. The summed E-state index contributed by atoms with van der Waals surface area (Å²) in [6, 6.07) is 19.2. The molecule has 0 amide bonds. The Morgan fingerprint density at radius 3 is 2.39 bits per heavy atom. The average Bonchev–Trinajstić information content (AvgIpc) is 3.20. The van der Waals surface area contributed by atoms with E-state index in [1.165, 1.54) is 0 Å². The second-order valence-electron chi connectivity index (χ2n) is 8.21. The number of anilines is 1. The highest BCUT2D eigenvalue weighted by atomic mass is 35.5. The number of carbonyl (C=O) groups is 1. The standard InChI is InChI=1S/C26H21ClN2O4/c1-33-20-13-8-17(9-14-20)23-24(29(31)32)22-15-10-16-4-2-3-5-21(16)28(22)25(23)26(30)18-6-11-19(27)12-7-18/h2-15,22-25H,1H3/t22?,23?,24-,25?/m0/s1. The SMILES string of the molecule is COc1ccc(C2C(C(=O)c3ccc(Cl)cc3)N3c4ccccc4C=CC3[C@@H]2[N+](=O)[O-])cc1. The van der Waals surface area contributed by atoms with Crippen molar-refractivity contribution in [1.29, 1.82) is 0 Å². The van der Waals surface area contributed by atoms with Crippen LogP contribution in [0.1, 0.15) is 27.4 Å². The smallest absolute Gasteiger partial charge is 0.245 e. The van der Waals surface area contributed by atoms with Crippen molar-refractivity contribution in [3.05, 3.63) is 111 Å². The maximum atomic E-state index is 13.9. The van der Waals surface area contributed by atoms with Crippen LogP contribution in [0.4, 0.5) is 5.69 Å². The topological polar surface area (TPSA) is 72.7 Å². The third-order valence-electron chi connectivity index (χ3n) is 6.51. The van der Waals surface area contributed by atoms with Gasteiger partial charge in [0.05, 0.1) is 13.0 Å². The first-order valence-electron chi connectivity index (χ1n) is 10.6. The molecular weight excluding hydrogens is 440 g/mol. The number of hydrogen-bond donors (Lipinski definition) is 0. The number of fused-ring (bicyclic) bond motifs is 3. The number of benzene rings is 3. The molecule has 2 heterocycles. The summed E-state index contributed by atoms with van der Waals surface area (Å²) in [5.74, 6) is -0.181. The van der Waals surface area contributed by atoms with Crippen molar-refractivity contribution in [2.75, 3.05) is 12.0 Å². The Morgan fingerprint density at radius 1 is 1.03 bits per heavy atom. The monoisotopic (exact) mass is 460 g/mol. The lowest BCUT2D eigenvalue weighted by atomic mass is 9.83. The van der Waals surface area contributed by atoms with Gasteiger partial charge in [-0.3, -0.25) is 14.9 Å². The van der Waals surface area contributed by atoms with E-state index in [2.05, 4.69) is 0 Å². The molecule has 0 N–H and O–H groups in total. The van der Waals surface area contributed by atoms with Crippen molar-refractivity contribution in [3.63, 3.8) is 0 Å². The minimum atomic E-state index is -0.996. The zero-order valence-corrected chi connectivity index (χ0v) is 18.6. The molecule has 1 fully saturated rings. The Labute approximate surface area is 196 Å². The molecule has 3 aromatic rings. The maximum Gasteiger partial charge on any atom is 0.245 e. The molecule has 0 aromatic heterocycles. The Hall–Kier alpha value is -3.64. The minimum absolute atomic E-state index is 0.174. The number of hydrogen-bond acceptors (Lipinski definition) is 5. The Kier molecular flexibility index (Phi) is 5.38. The number of carbonyl (C=O) groups excluding carboxylic acids is 1. The molecule has 0 spiro atoms. The van der Waals surface area contributed by atoms with Crippen LogP contribution in [0.3, 0.4) is 0 Å². The van der Waals surface area contributed by atoms with E-state index in [1.54, 1.807) is 43.5 Å². The number of halogens is 1. The van der Waals surface area contributed by atoms with Crippen LogP contribution < -0.4 is 9.64 Å². The summed E-state index contributed by atoms with van der Waals surface area (Å²) in [5, 5.41) is 12.9. The predicted octanol–water partition coefficient (Wildman–Crippen LogP) is 5.24. The molecular formula is C26H21ClN2O4. The first-order valence-corrected chi connectivity index (χ1v) is 11.0. The Morgan fingerprint density at radius 2 is 1.73 bits per heavy atom. The van der Waals surface area contributed by atoms with Crippen LogP contribution in [0, 0.1) is 10.1 Å². The summed E-state index contributed by atoms with van der Waals surface area (Å²) in [5.41, 5.74) is 2.95. The average molecular weight is 461 g/mol. The van der Waals surface area contributed by atoms with Gasteiger partial charge in [-0.15, -0.1) is 0 Å². The number of nitrogens with zero attached hydrogens (tertiary/aromatic N) is 2. The van der Waals surface area contributed by atoms with Gasteiger partial charge in [-0.2, -0.15) is 0 Å². The maximum absolute atomic E-state index is 13.9. The zero-order valence-electron chi connectivity index (χ0n) is 17.8. The van der Waals surface area contributed by atoms with Crippen molar-refractivity contribution >= 4 is 29.1 Å². The third-order valence-corrected chi connectivity index (χ3v) is 6.76. The lowest BCUT2D eigenvalue weighted by Crippen LogP contribution is -2.44. The molecule has 33 heavy (non-hydrogen) atoms. The molecule has 166 valence electrons. The van der Waals surface area contributed by atoms with Crippen LogP contribution in [0.2, 0.25) is 5.02 Å². The van der Waals surface area contributed by atoms with Gasteiger partial charge in [-0.1, -0.05) is 54.1 Å². The molecule has 0 radical (unpaired) electrons. The van der Waals surface area contributed by atoms with E-state index in [-0.39, 0.29) is 10.7 Å². The number of rotatable bonds is 5. The first kappa shape index (κ1) is 21.2. The molecule has 4 atom stereocenters. The number of ketones is 1. The fourth-order valence-corrected chi connectivity index (χ4v) is 5.17. The largest absolute Gasteiger partial charge is 0.497 e. The molecule has 3 aromatic carbocycles.